The molecule has 4 aromatic rings. The quantitative estimate of drug-likeness (QED) is 0.377. The minimum atomic E-state index is -0.528. The summed E-state index contributed by atoms with van der Waals surface area (Å²) < 4.78 is 6.44. The first-order valence-electron chi connectivity index (χ1n) is 11.6. The number of carbonyl (C=O) groups excluding carboxylic acids is 2. The number of oxazole rings is 1. The van der Waals surface area contributed by atoms with Crippen LogP contribution in [0.15, 0.2) is 45.7 Å². The van der Waals surface area contributed by atoms with Crippen molar-refractivity contribution in [2.45, 2.75) is 45.1 Å². The summed E-state index contributed by atoms with van der Waals surface area (Å²) in [5.41, 5.74) is 2.61. The van der Waals surface area contributed by atoms with Gasteiger partial charge >= 0.3 is 5.76 Å². The summed E-state index contributed by atoms with van der Waals surface area (Å²) in [6.45, 7) is 0.835. The monoisotopic (exact) mass is 462 g/mol. The Balaban J connectivity index is 1.30. The molecule has 176 valence electrons. The SMILES string of the molecule is O=C(NCc1ccc2oc(=O)[nH]c2c1)c1cc(C(=O)NCC2CCCCCC2)n2nccc2n1. The number of amides is 2. The molecule has 0 bridgehead atoms. The topological polar surface area (TPSA) is 134 Å². The highest BCUT2D eigenvalue weighted by Gasteiger charge is 2.19. The van der Waals surface area contributed by atoms with Gasteiger partial charge in [-0.2, -0.15) is 5.10 Å². The summed E-state index contributed by atoms with van der Waals surface area (Å²) in [6.07, 6.45) is 8.72. The van der Waals surface area contributed by atoms with Gasteiger partial charge in [0, 0.05) is 25.2 Å². The van der Waals surface area contributed by atoms with Crippen molar-refractivity contribution >= 4 is 28.6 Å². The van der Waals surface area contributed by atoms with E-state index in [1.807, 2.05) is 0 Å². The molecule has 0 saturated heterocycles. The third-order valence-corrected chi connectivity index (χ3v) is 6.29. The van der Waals surface area contributed by atoms with Crippen LogP contribution in [0.3, 0.4) is 0 Å². The average molecular weight is 463 g/mol. The Morgan fingerprint density at radius 3 is 2.71 bits per heavy atom. The van der Waals surface area contributed by atoms with E-state index < -0.39 is 11.7 Å². The number of hydrogen-bond donors (Lipinski definition) is 3. The minimum Gasteiger partial charge on any atom is -0.408 e. The summed E-state index contributed by atoms with van der Waals surface area (Å²) >= 11 is 0. The maximum atomic E-state index is 13.0. The van der Waals surface area contributed by atoms with Crippen LogP contribution in [-0.2, 0) is 6.54 Å². The second-order valence-corrected chi connectivity index (χ2v) is 8.72. The van der Waals surface area contributed by atoms with E-state index in [1.165, 1.54) is 36.3 Å². The fourth-order valence-electron chi connectivity index (χ4n) is 4.47. The lowest BCUT2D eigenvalue weighted by molar-refractivity contribution is 0.0938. The zero-order valence-electron chi connectivity index (χ0n) is 18.7. The van der Waals surface area contributed by atoms with Gasteiger partial charge < -0.3 is 15.1 Å². The van der Waals surface area contributed by atoms with Crippen LogP contribution >= 0.6 is 0 Å². The Kier molecular flexibility index (Phi) is 6.11. The number of carbonyl (C=O) groups is 2. The van der Waals surface area contributed by atoms with Gasteiger partial charge in [0.2, 0.25) is 0 Å². The summed E-state index contributed by atoms with van der Waals surface area (Å²) in [5.74, 6) is -0.739. The third-order valence-electron chi connectivity index (χ3n) is 6.29. The molecule has 3 aromatic heterocycles. The smallest absolute Gasteiger partial charge is 0.408 e. The van der Waals surface area contributed by atoms with E-state index in [4.69, 9.17) is 4.42 Å². The van der Waals surface area contributed by atoms with Crippen LogP contribution in [0, 0.1) is 5.92 Å². The second-order valence-electron chi connectivity index (χ2n) is 8.72. The first-order valence-corrected chi connectivity index (χ1v) is 11.6. The van der Waals surface area contributed by atoms with Crippen molar-refractivity contribution in [2.75, 3.05) is 6.54 Å². The molecule has 1 aromatic carbocycles. The molecule has 0 radical (unpaired) electrons. The number of hydrogen-bond acceptors (Lipinski definition) is 6. The molecule has 3 N–H and O–H groups in total. The van der Waals surface area contributed by atoms with Crippen molar-refractivity contribution < 1.29 is 14.0 Å². The van der Waals surface area contributed by atoms with Crippen molar-refractivity contribution in [1.29, 1.82) is 0 Å². The van der Waals surface area contributed by atoms with Crippen molar-refractivity contribution in [3.63, 3.8) is 0 Å². The molecule has 0 unspecified atom stereocenters. The molecule has 1 fully saturated rings. The van der Waals surface area contributed by atoms with Gasteiger partial charge in [0.15, 0.2) is 11.2 Å². The molecule has 0 aliphatic heterocycles. The first-order chi connectivity index (χ1) is 16.6. The van der Waals surface area contributed by atoms with Crippen LogP contribution in [0.25, 0.3) is 16.7 Å². The Morgan fingerprint density at radius 2 is 1.88 bits per heavy atom. The van der Waals surface area contributed by atoms with Crippen molar-refractivity contribution in [3.8, 4) is 0 Å². The minimum absolute atomic E-state index is 0.130. The predicted octanol–water partition coefficient (Wildman–Crippen LogP) is 2.79. The van der Waals surface area contributed by atoms with E-state index in [-0.39, 0.29) is 23.8 Å². The molecule has 34 heavy (non-hydrogen) atoms. The van der Waals surface area contributed by atoms with Gasteiger partial charge in [-0.3, -0.25) is 14.6 Å². The average Bonchev–Trinajstić information content (AvgIpc) is 3.37. The van der Waals surface area contributed by atoms with Gasteiger partial charge in [-0.25, -0.2) is 14.3 Å². The third kappa shape index (κ3) is 4.70. The lowest BCUT2D eigenvalue weighted by Crippen LogP contribution is -2.32. The lowest BCUT2D eigenvalue weighted by Gasteiger charge is -2.15. The van der Waals surface area contributed by atoms with Crippen LogP contribution in [0.1, 0.15) is 65.1 Å². The molecule has 5 rings (SSSR count). The number of aromatic amines is 1. The molecule has 1 saturated carbocycles. The number of nitrogens with one attached hydrogen (secondary N) is 3. The van der Waals surface area contributed by atoms with Crippen molar-refractivity contribution in [2.24, 2.45) is 5.92 Å². The first kappa shape index (κ1) is 21.9. The van der Waals surface area contributed by atoms with Gasteiger partial charge in [0.1, 0.15) is 11.4 Å². The van der Waals surface area contributed by atoms with Gasteiger partial charge in [0.05, 0.1) is 11.7 Å². The normalized spacial score (nSPS) is 14.8. The molecular weight excluding hydrogens is 436 g/mol. The van der Waals surface area contributed by atoms with Crippen LogP contribution in [0.5, 0.6) is 0 Å². The van der Waals surface area contributed by atoms with Crippen LogP contribution in [0.4, 0.5) is 0 Å². The van der Waals surface area contributed by atoms with Gasteiger partial charge in [-0.1, -0.05) is 31.7 Å². The molecular formula is C24H26N6O4. The van der Waals surface area contributed by atoms with Gasteiger partial charge in [0.25, 0.3) is 11.8 Å². The summed E-state index contributed by atoms with van der Waals surface area (Å²) in [4.78, 5) is 44.1. The highest BCUT2D eigenvalue weighted by molar-refractivity contribution is 5.98. The molecule has 2 amide bonds. The van der Waals surface area contributed by atoms with Crippen LogP contribution < -0.4 is 16.4 Å². The van der Waals surface area contributed by atoms with E-state index in [2.05, 4.69) is 25.7 Å². The maximum Gasteiger partial charge on any atom is 0.417 e. The van der Waals surface area contributed by atoms with Crippen LogP contribution in [0.2, 0.25) is 0 Å². The summed E-state index contributed by atoms with van der Waals surface area (Å²) in [7, 11) is 0. The van der Waals surface area contributed by atoms with E-state index in [9.17, 15) is 14.4 Å². The Hall–Kier alpha value is -3.95. The molecule has 0 spiro atoms. The molecule has 10 heteroatoms. The van der Waals surface area contributed by atoms with Crippen molar-refractivity contribution in [1.82, 2.24) is 30.2 Å². The zero-order chi connectivity index (χ0) is 23.5. The molecule has 3 heterocycles. The summed E-state index contributed by atoms with van der Waals surface area (Å²) in [6, 6.07) is 8.29. The van der Waals surface area contributed by atoms with Gasteiger partial charge in [-0.05, 0) is 36.5 Å². The Bertz CT molecular complexity index is 1390. The molecule has 10 nitrogen and oxygen atoms in total. The standard InChI is InChI=1S/C24H26N6O4/c31-22(25-14-16-7-8-20-17(11-16)29-24(33)34-20)18-12-19(30-21(28-18)9-10-27-30)23(32)26-13-15-5-3-1-2-4-6-15/h7-12,15H,1-6,13-14H2,(H,25,31)(H,26,32)(H,29,33). The number of H-pyrrole nitrogens is 1. The predicted molar refractivity (Wildman–Crippen MR) is 125 cm³/mol. The number of aromatic nitrogens is 4. The fourth-order valence-corrected chi connectivity index (χ4v) is 4.47. The Morgan fingerprint density at radius 1 is 1.06 bits per heavy atom. The van der Waals surface area contributed by atoms with E-state index in [1.54, 1.807) is 30.5 Å². The Labute approximate surface area is 194 Å². The number of rotatable bonds is 6. The van der Waals surface area contributed by atoms with Gasteiger partial charge in [-0.15, -0.1) is 0 Å². The highest BCUT2D eigenvalue weighted by atomic mass is 16.4. The van der Waals surface area contributed by atoms with Crippen LogP contribution in [-0.4, -0.2) is 37.9 Å². The van der Waals surface area contributed by atoms with E-state index >= 15 is 0 Å². The highest BCUT2D eigenvalue weighted by Crippen LogP contribution is 2.22. The molecule has 1 aliphatic rings. The maximum absolute atomic E-state index is 13.0. The summed E-state index contributed by atoms with van der Waals surface area (Å²) in [5, 5.41) is 10.0. The second kappa shape index (κ2) is 9.50. The van der Waals surface area contributed by atoms with E-state index in [0.29, 0.717) is 29.2 Å². The van der Waals surface area contributed by atoms with E-state index in [0.717, 1.165) is 18.4 Å². The fraction of sp³-hybridized carbons (Fsp3) is 0.375. The lowest BCUT2D eigenvalue weighted by atomic mass is 10.0. The van der Waals surface area contributed by atoms with Crippen molar-refractivity contribution in [3.05, 3.63) is 64.0 Å². The molecule has 0 atom stereocenters. The largest absolute Gasteiger partial charge is 0.417 e. The number of benzene rings is 1. The number of fused-ring (bicyclic) bond motifs is 2. The molecule has 1 aliphatic carbocycles. The number of nitrogens with zero attached hydrogens (tertiary/aromatic N) is 3. The zero-order valence-corrected chi connectivity index (χ0v) is 18.7.